The summed E-state index contributed by atoms with van der Waals surface area (Å²) >= 11 is 0. The number of nitrogens with two attached hydrogens (primary N) is 2. The number of primary amides is 1. The molecule has 500 valence electrons. The standard InChI is InChI=1S/C63H81N19O12/c1-34(2)21-45(55(87)75-44(13-7-19-69-63(65)66)62(94)82-20-8-14-51(82)61(93)71-30-52(64)84)76-56(88)46(23-35-15-16-36-9-3-4-10-37(36)22-35)77-58(90)49(26-40-29-68-33-73-40)80-60(92)50(31-83)81-57(89)47(24-38-27-70-42-12-6-5-11-41(38)42)78-59(91)48(25-39-28-67-32-72-39)79-54(86)43-17-18-53(85)74-43/h3-6,9-12,15-16,22,27-29,32-34,43-51,70,83H,7-8,13-14,17-21,23-26,30-31H2,1-2H3,(H2,64,84)(H,67,72)(H,68,73)(H,71,93)(H,74,85)(H,75,87)(H,76,88)(H,77,90)(H,78,91)(H,79,86)(H,80,92)(H,81,89)(H4,65,66,69)/t43-,44-,45-,46+,47-,48-,49-,50-,51-/m0/s1. The first kappa shape index (κ1) is 69.2. The zero-order valence-electron chi connectivity index (χ0n) is 52.1. The Morgan fingerprint density at radius 2 is 1.22 bits per heavy atom. The van der Waals surface area contributed by atoms with E-state index in [4.69, 9.17) is 16.9 Å². The zero-order valence-corrected chi connectivity index (χ0v) is 52.1. The van der Waals surface area contributed by atoms with Crippen molar-refractivity contribution >= 4 is 92.6 Å². The molecule has 0 saturated carbocycles. The largest absolute Gasteiger partial charge is 0.394 e. The molecule has 2 fully saturated rings. The maximum Gasteiger partial charge on any atom is 0.245 e. The van der Waals surface area contributed by atoms with Gasteiger partial charge in [-0.3, -0.25) is 58.1 Å². The highest BCUT2D eigenvalue weighted by Crippen LogP contribution is 2.23. The highest BCUT2D eigenvalue weighted by Gasteiger charge is 2.40. The normalized spacial score (nSPS) is 16.7. The molecule has 19 N–H and O–H groups in total. The Morgan fingerprint density at radius 1 is 0.649 bits per heavy atom. The van der Waals surface area contributed by atoms with Crippen LogP contribution in [-0.2, 0) is 78.4 Å². The van der Waals surface area contributed by atoms with E-state index in [0.717, 1.165) is 10.8 Å². The third kappa shape index (κ3) is 19.4. The number of hydrogen-bond donors (Lipinski definition) is 17. The number of para-hydroxylation sites is 1. The van der Waals surface area contributed by atoms with Gasteiger partial charge in [-0.15, -0.1) is 0 Å². The molecule has 2 aliphatic heterocycles. The number of nitrogens with zero attached hydrogens (tertiary/aromatic N) is 3. The number of rotatable bonds is 33. The molecule has 3 aromatic heterocycles. The molecule has 94 heavy (non-hydrogen) atoms. The smallest absolute Gasteiger partial charge is 0.245 e. The van der Waals surface area contributed by atoms with E-state index in [9.17, 15) is 53.1 Å². The molecule has 11 amide bonds. The summed E-state index contributed by atoms with van der Waals surface area (Å²) in [6, 6.07) is 7.96. The summed E-state index contributed by atoms with van der Waals surface area (Å²) in [5, 5.41) is 47.5. The summed E-state index contributed by atoms with van der Waals surface area (Å²) < 4.78 is 0. The van der Waals surface area contributed by atoms with Gasteiger partial charge in [0.2, 0.25) is 65.0 Å². The Kier molecular flexibility index (Phi) is 24.3. The van der Waals surface area contributed by atoms with Crippen molar-refractivity contribution in [1.29, 1.82) is 5.41 Å². The van der Waals surface area contributed by atoms with Crippen molar-refractivity contribution < 1.29 is 57.8 Å². The number of aromatic amines is 3. The summed E-state index contributed by atoms with van der Waals surface area (Å²) in [5.41, 5.74) is 13.3. The number of guanidine groups is 1. The number of nitrogens with one attached hydrogen (secondary N) is 14. The van der Waals surface area contributed by atoms with Crippen molar-refractivity contribution in [1.82, 2.24) is 83.0 Å². The first-order valence-corrected chi connectivity index (χ1v) is 31.1. The number of amides is 11. The average molecular weight is 1300 g/mol. The Morgan fingerprint density at radius 3 is 1.83 bits per heavy atom. The van der Waals surface area contributed by atoms with E-state index in [1.807, 2.05) is 56.3 Å². The van der Waals surface area contributed by atoms with E-state index in [-0.39, 0.29) is 101 Å². The van der Waals surface area contributed by atoms with Crippen molar-refractivity contribution in [2.45, 2.75) is 139 Å². The minimum Gasteiger partial charge on any atom is -0.394 e. The number of benzene rings is 3. The summed E-state index contributed by atoms with van der Waals surface area (Å²) in [6.07, 6.45) is 7.84. The van der Waals surface area contributed by atoms with Crippen LogP contribution < -0.4 is 64.6 Å². The van der Waals surface area contributed by atoms with E-state index in [2.05, 4.69) is 78.1 Å². The summed E-state index contributed by atoms with van der Waals surface area (Å²) in [6.45, 7) is 2.44. The third-order valence-corrected chi connectivity index (χ3v) is 16.2. The number of imidazole rings is 2. The van der Waals surface area contributed by atoms with Crippen LogP contribution in [0.15, 0.2) is 98.0 Å². The summed E-state index contributed by atoms with van der Waals surface area (Å²) in [7, 11) is 0. The van der Waals surface area contributed by atoms with Gasteiger partial charge in [0.25, 0.3) is 0 Å². The highest BCUT2D eigenvalue weighted by molar-refractivity contribution is 6.00. The number of likely N-dealkylation sites (tertiary alicyclic amines) is 1. The maximum absolute atomic E-state index is 15.0. The lowest BCUT2D eigenvalue weighted by molar-refractivity contribution is -0.142. The second kappa shape index (κ2) is 33.0. The SMILES string of the molecule is CC(C)C[C@H](NC(=O)[C@@H](Cc1ccc2ccccc2c1)NC(=O)[C@H](Cc1c[nH]cn1)NC(=O)[C@H](CO)NC(=O)[C@H](Cc1c[nH]c2ccccc12)NC(=O)[C@H](Cc1c[nH]cn1)NC(=O)[C@@H]1CCC(=O)N1)C(=O)N[C@@H](CCCNC(=N)N)C(=O)N1CCC[C@H]1C(=O)NCC(N)=O. The topological polar surface area (TPSA) is 481 Å². The second-order valence-electron chi connectivity index (χ2n) is 23.7. The number of H-pyrrole nitrogens is 3. The molecule has 5 heterocycles. The molecule has 8 rings (SSSR count). The fourth-order valence-corrected chi connectivity index (χ4v) is 11.4. The summed E-state index contributed by atoms with van der Waals surface area (Å²) in [4.78, 5) is 172. The van der Waals surface area contributed by atoms with Gasteiger partial charge < -0.3 is 89.6 Å². The van der Waals surface area contributed by atoms with Gasteiger partial charge in [0, 0.05) is 74.7 Å². The van der Waals surface area contributed by atoms with Crippen molar-refractivity contribution in [3.63, 3.8) is 0 Å². The molecule has 2 aliphatic rings. The molecule has 31 nitrogen and oxygen atoms in total. The van der Waals surface area contributed by atoms with Crippen LogP contribution >= 0.6 is 0 Å². The van der Waals surface area contributed by atoms with E-state index >= 15 is 4.79 Å². The second-order valence-corrected chi connectivity index (χ2v) is 23.7. The van der Waals surface area contributed by atoms with Crippen molar-refractivity contribution in [3.8, 4) is 0 Å². The van der Waals surface area contributed by atoms with E-state index in [1.54, 1.807) is 30.5 Å². The predicted molar refractivity (Wildman–Crippen MR) is 342 cm³/mol. The number of carbonyl (C=O) groups excluding carboxylic acids is 11. The zero-order chi connectivity index (χ0) is 67.4. The van der Waals surface area contributed by atoms with Crippen molar-refractivity contribution in [3.05, 3.63) is 120 Å². The number of carbonyl (C=O) groups is 11. The van der Waals surface area contributed by atoms with Gasteiger partial charge in [-0.05, 0) is 72.4 Å². The predicted octanol–water partition coefficient (Wildman–Crippen LogP) is -2.40. The van der Waals surface area contributed by atoms with Gasteiger partial charge >= 0.3 is 0 Å². The van der Waals surface area contributed by atoms with Crippen LogP contribution in [0.3, 0.4) is 0 Å². The fourth-order valence-electron chi connectivity index (χ4n) is 11.4. The first-order chi connectivity index (χ1) is 45.1. The van der Waals surface area contributed by atoms with Crippen LogP contribution in [0.1, 0.15) is 81.3 Å². The summed E-state index contributed by atoms with van der Waals surface area (Å²) in [5.74, 6) is -8.93. The van der Waals surface area contributed by atoms with Gasteiger partial charge in [0.15, 0.2) is 5.96 Å². The van der Waals surface area contributed by atoms with Crippen molar-refractivity contribution in [2.75, 3.05) is 26.2 Å². The minimum absolute atomic E-state index is 0.00464. The molecule has 0 spiro atoms. The van der Waals surface area contributed by atoms with Gasteiger partial charge in [0.05, 0.1) is 37.2 Å². The van der Waals surface area contributed by atoms with Crippen LogP contribution in [0.4, 0.5) is 0 Å². The Hall–Kier alpha value is -10.7. The number of aromatic nitrogens is 5. The van der Waals surface area contributed by atoms with Gasteiger partial charge in [0.1, 0.15) is 54.4 Å². The monoisotopic (exact) mass is 1300 g/mol. The Labute approximate surface area is 539 Å². The number of aliphatic hydroxyl groups is 1. The molecular weight excluding hydrogens is 1210 g/mol. The minimum atomic E-state index is -1.78. The lowest BCUT2D eigenvalue weighted by Gasteiger charge is -2.30. The molecule has 0 aliphatic carbocycles. The average Bonchev–Trinajstić information content (AvgIpc) is 1.70. The highest BCUT2D eigenvalue weighted by atomic mass is 16.3. The fraction of sp³-hybridized carbons (Fsp3) is 0.429. The molecule has 3 aromatic carbocycles. The number of fused-ring (bicyclic) bond motifs is 2. The number of aliphatic hydroxyl groups excluding tert-OH is 1. The molecule has 2 saturated heterocycles. The van der Waals surface area contributed by atoms with Crippen LogP contribution in [0.5, 0.6) is 0 Å². The van der Waals surface area contributed by atoms with Gasteiger partial charge in [-0.25, -0.2) is 9.97 Å². The van der Waals surface area contributed by atoms with Crippen LogP contribution in [0, 0.1) is 11.3 Å². The van der Waals surface area contributed by atoms with E-state index in [1.165, 1.54) is 29.9 Å². The van der Waals surface area contributed by atoms with Crippen LogP contribution in [0.2, 0.25) is 0 Å². The maximum atomic E-state index is 15.0. The molecule has 0 unspecified atom stereocenters. The quantitative estimate of drug-likeness (QED) is 0.0116. The lowest BCUT2D eigenvalue weighted by Crippen LogP contribution is -2.61. The molecular formula is C63H81N19O12. The molecule has 6 aromatic rings. The van der Waals surface area contributed by atoms with Crippen molar-refractivity contribution in [2.24, 2.45) is 17.4 Å². The van der Waals surface area contributed by atoms with Crippen LogP contribution in [0.25, 0.3) is 21.7 Å². The van der Waals surface area contributed by atoms with Gasteiger partial charge in [-0.2, -0.15) is 0 Å². The lowest BCUT2D eigenvalue weighted by atomic mass is 9.98. The Bertz CT molecular complexity index is 3690. The van der Waals surface area contributed by atoms with Gasteiger partial charge in [-0.1, -0.05) is 74.5 Å². The third-order valence-electron chi connectivity index (χ3n) is 16.2. The van der Waals surface area contributed by atoms with E-state index < -0.39 is 127 Å². The van der Waals surface area contributed by atoms with Crippen LogP contribution in [-0.4, -0.2) is 186 Å². The van der Waals surface area contributed by atoms with E-state index in [0.29, 0.717) is 34.1 Å². The molecule has 0 bridgehead atoms. The Balaban J connectivity index is 1.04. The first-order valence-electron chi connectivity index (χ1n) is 31.1. The molecule has 9 atom stereocenters. The molecule has 0 radical (unpaired) electrons. The number of hydrogen-bond acceptors (Lipinski definition) is 15. The molecule has 31 heteroatoms.